The molecule has 0 heterocycles. The van der Waals surface area contributed by atoms with E-state index in [4.69, 9.17) is 28.3 Å². The number of likely N-dealkylation sites (N-methyl/N-ethyl adjacent to an activating group) is 1. The van der Waals surface area contributed by atoms with Gasteiger partial charge in [0.25, 0.3) is 0 Å². The molecule has 9 heteroatoms. The molecule has 0 saturated carbocycles. The number of carboxylic acids is 1. The number of rotatable bonds is 5. The minimum absolute atomic E-state index is 0.149. The standard InChI is InChI=1S/C11H13Cl2NO5S/c1-6(15)5-14(2)20(18,19)10-3-7(11(16)17)8(12)4-9(10)13/h3-4,6,15H,5H2,1-2H3,(H,16,17). The number of carbonyl (C=O) groups is 1. The predicted octanol–water partition coefficient (Wildman–Crippen LogP) is 1.69. The van der Waals surface area contributed by atoms with Gasteiger partial charge in [0.15, 0.2) is 0 Å². The Labute approximate surface area is 126 Å². The lowest BCUT2D eigenvalue weighted by atomic mass is 10.2. The van der Waals surface area contributed by atoms with E-state index in [9.17, 15) is 18.3 Å². The van der Waals surface area contributed by atoms with Crippen molar-refractivity contribution in [3.05, 3.63) is 27.7 Å². The van der Waals surface area contributed by atoms with Gasteiger partial charge in [-0.15, -0.1) is 0 Å². The Morgan fingerprint density at radius 3 is 2.35 bits per heavy atom. The van der Waals surface area contributed by atoms with Crippen LogP contribution in [-0.2, 0) is 10.0 Å². The fourth-order valence-electron chi connectivity index (χ4n) is 1.53. The number of aromatic carboxylic acids is 1. The van der Waals surface area contributed by atoms with E-state index in [0.29, 0.717) is 0 Å². The van der Waals surface area contributed by atoms with Crippen molar-refractivity contribution in [1.29, 1.82) is 0 Å². The number of benzene rings is 1. The lowest BCUT2D eigenvalue weighted by Crippen LogP contribution is -2.33. The van der Waals surface area contributed by atoms with Gasteiger partial charge in [-0.05, 0) is 19.1 Å². The molecule has 6 nitrogen and oxygen atoms in total. The summed E-state index contributed by atoms with van der Waals surface area (Å²) in [5, 5.41) is 17.9. The molecule has 0 radical (unpaired) electrons. The number of halogens is 2. The molecule has 20 heavy (non-hydrogen) atoms. The third kappa shape index (κ3) is 3.62. The maximum Gasteiger partial charge on any atom is 0.337 e. The first-order valence-corrected chi connectivity index (χ1v) is 7.63. The lowest BCUT2D eigenvalue weighted by Gasteiger charge is -2.19. The molecule has 1 unspecified atom stereocenters. The van der Waals surface area contributed by atoms with Crippen LogP contribution in [0.3, 0.4) is 0 Å². The summed E-state index contributed by atoms with van der Waals surface area (Å²) in [4.78, 5) is 10.6. The average Bonchev–Trinajstić information content (AvgIpc) is 2.26. The van der Waals surface area contributed by atoms with E-state index in [1.54, 1.807) is 0 Å². The molecule has 0 bridgehead atoms. The first kappa shape index (κ1) is 17.2. The number of aliphatic hydroxyl groups excluding tert-OH is 1. The topological polar surface area (TPSA) is 94.9 Å². The Bertz CT molecular complexity index is 630. The Morgan fingerprint density at radius 2 is 1.90 bits per heavy atom. The Morgan fingerprint density at radius 1 is 1.35 bits per heavy atom. The second-order valence-corrected chi connectivity index (χ2v) is 7.03. The van der Waals surface area contributed by atoms with Gasteiger partial charge >= 0.3 is 5.97 Å². The summed E-state index contributed by atoms with van der Waals surface area (Å²) in [6, 6.07) is 1.97. The summed E-state index contributed by atoms with van der Waals surface area (Å²) in [5.41, 5.74) is -0.361. The summed E-state index contributed by atoms with van der Waals surface area (Å²) in [6.07, 6.45) is -0.875. The highest BCUT2D eigenvalue weighted by molar-refractivity contribution is 7.89. The van der Waals surface area contributed by atoms with Gasteiger partial charge in [0.1, 0.15) is 4.90 Å². The zero-order chi connectivity index (χ0) is 15.7. The van der Waals surface area contributed by atoms with Crippen molar-refractivity contribution in [2.75, 3.05) is 13.6 Å². The zero-order valence-corrected chi connectivity index (χ0v) is 13.0. The molecule has 1 aromatic carbocycles. The third-order valence-electron chi connectivity index (χ3n) is 2.46. The number of aliphatic hydroxyl groups is 1. The fourth-order valence-corrected chi connectivity index (χ4v) is 3.61. The van der Waals surface area contributed by atoms with Crippen molar-refractivity contribution in [3.63, 3.8) is 0 Å². The van der Waals surface area contributed by atoms with Gasteiger partial charge in [0.2, 0.25) is 10.0 Å². The van der Waals surface area contributed by atoms with Gasteiger partial charge in [0, 0.05) is 13.6 Å². The summed E-state index contributed by atoms with van der Waals surface area (Å²) in [5.74, 6) is -1.36. The molecule has 112 valence electrons. The highest BCUT2D eigenvalue weighted by Gasteiger charge is 2.27. The van der Waals surface area contributed by atoms with Crippen LogP contribution < -0.4 is 0 Å². The van der Waals surface area contributed by atoms with Crippen LogP contribution in [0.2, 0.25) is 10.0 Å². The number of hydrogen-bond donors (Lipinski definition) is 2. The molecule has 0 saturated heterocycles. The Kier molecular flexibility index (Phi) is 5.39. The molecule has 1 atom stereocenters. The zero-order valence-electron chi connectivity index (χ0n) is 10.7. The van der Waals surface area contributed by atoms with E-state index in [0.717, 1.165) is 16.4 Å². The van der Waals surface area contributed by atoms with Gasteiger partial charge in [-0.1, -0.05) is 23.2 Å². The minimum Gasteiger partial charge on any atom is -0.478 e. The molecule has 1 rings (SSSR count). The fraction of sp³-hybridized carbons (Fsp3) is 0.364. The monoisotopic (exact) mass is 341 g/mol. The smallest absolute Gasteiger partial charge is 0.337 e. The van der Waals surface area contributed by atoms with E-state index in [2.05, 4.69) is 0 Å². The van der Waals surface area contributed by atoms with E-state index in [-0.39, 0.29) is 27.0 Å². The predicted molar refractivity (Wildman–Crippen MR) is 74.9 cm³/mol. The largest absolute Gasteiger partial charge is 0.478 e. The molecule has 1 aromatic rings. The molecule has 0 amide bonds. The maximum absolute atomic E-state index is 12.3. The highest BCUT2D eigenvalue weighted by atomic mass is 35.5. The summed E-state index contributed by atoms with van der Waals surface area (Å²) in [7, 11) is -2.76. The van der Waals surface area contributed by atoms with Crippen LogP contribution in [0.4, 0.5) is 0 Å². The van der Waals surface area contributed by atoms with Gasteiger partial charge in [-0.25, -0.2) is 13.2 Å². The second-order valence-electron chi connectivity index (χ2n) is 4.20. The van der Waals surface area contributed by atoms with Gasteiger partial charge in [-0.3, -0.25) is 0 Å². The van der Waals surface area contributed by atoms with E-state index in [1.165, 1.54) is 14.0 Å². The summed E-state index contributed by atoms with van der Waals surface area (Å²) >= 11 is 11.5. The molecular formula is C11H13Cl2NO5S. The molecule has 0 aliphatic rings. The van der Waals surface area contributed by atoms with Crippen LogP contribution in [0.1, 0.15) is 17.3 Å². The molecule has 2 N–H and O–H groups in total. The molecule has 0 fully saturated rings. The SMILES string of the molecule is CC(O)CN(C)S(=O)(=O)c1cc(C(=O)O)c(Cl)cc1Cl. The molecule has 0 aliphatic heterocycles. The van der Waals surface area contributed by atoms with Crippen molar-refractivity contribution >= 4 is 39.2 Å². The first-order chi connectivity index (χ1) is 9.07. The number of nitrogens with zero attached hydrogens (tertiary/aromatic N) is 1. The van der Waals surface area contributed by atoms with Crippen molar-refractivity contribution < 1.29 is 23.4 Å². The van der Waals surface area contributed by atoms with E-state index >= 15 is 0 Å². The van der Waals surface area contributed by atoms with Crippen molar-refractivity contribution in [1.82, 2.24) is 4.31 Å². The van der Waals surface area contributed by atoms with Crippen LogP contribution in [0.5, 0.6) is 0 Å². The van der Waals surface area contributed by atoms with E-state index in [1.807, 2.05) is 0 Å². The van der Waals surface area contributed by atoms with Crippen LogP contribution in [0.15, 0.2) is 17.0 Å². The molecule has 0 spiro atoms. The van der Waals surface area contributed by atoms with Gasteiger partial charge in [0.05, 0.1) is 21.7 Å². The quantitative estimate of drug-likeness (QED) is 0.849. The Hall–Kier alpha value is -0.860. The highest BCUT2D eigenvalue weighted by Crippen LogP contribution is 2.30. The number of carboxylic acid groups (broad SMARTS) is 1. The van der Waals surface area contributed by atoms with Gasteiger partial charge < -0.3 is 10.2 Å². The second kappa shape index (κ2) is 6.28. The maximum atomic E-state index is 12.3. The summed E-state index contributed by atoms with van der Waals surface area (Å²) in [6.45, 7) is 1.28. The third-order valence-corrected chi connectivity index (χ3v) is 5.06. The summed E-state index contributed by atoms with van der Waals surface area (Å²) < 4.78 is 25.4. The minimum atomic E-state index is -4.02. The number of sulfonamides is 1. The van der Waals surface area contributed by atoms with Crippen LogP contribution >= 0.6 is 23.2 Å². The van der Waals surface area contributed by atoms with Gasteiger partial charge in [-0.2, -0.15) is 4.31 Å². The van der Waals surface area contributed by atoms with Crippen LogP contribution in [0.25, 0.3) is 0 Å². The van der Waals surface area contributed by atoms with Crippen LogP contribution in [0, 0.1) is 0 Å². The average molecular weight is 342 g/mol. The van der Waals surface area contributed by atoms with Crippen molar-refractivity contribution in [2.24, 2.45) is 0 Å². The lowest BCUT2D eigenvalue weighted by molar-refractivity contribution is 0.0696. The van der Waals surface area contributed by atoms with Crippen molar-refractivity contribution in [3.8, 4) is 0 Å². The van der Waals surface area contributed by atoms with Crippen molar-refractivity contribution in [2.45, 2.75) is 17.9 Å². The Balaban J connectivity index is 3.38. The molecule has 0 aromatic heterocycles. The number of hydrogen-bond acceptors (Lipinski definition) is 4. The van der Waals surface area contributed by atoms with E-state index < -0.39 is 22.1 Å². The normalized spacial score (nSPS) is 13.5. The first-order valence-electron chi connectivity index (χ1n) is 5.44. The molecule has 0 aliphatic carbocycles. The molecular weight excluding hydrogens is 329 g/mol. The van der Waals surface area contributed by atoms with Crippen LogP contribution in [-0.4, -0.2) is 48.6 Å².